The Bertz CT molecular complexity index is 852. The number of amides is 1. The third-order valence-corrected chi connectivity index (χ3v) is 5.25. The Morgan fingerprint density at radius 2 is 1.75 bits per heavy atom. The quantitative estimate of drug-likeness (QED) is 0.895. The fourth-order valence-electron chi connectivity index (χ4n) is 2.09. The van der Waals surface area contributed by atoms with Gasteiger partial charge in [0.15, 0.2) is 0 Å². The first-order valence-electron chi connectivity index (χ1n) is 6.98. The van der Waals surface area contributed by atoms with E-state index in [0.717, 1.165) is 16.4 Å². The molecule has 5 nitrogen and oxygen atoms in total. The van der Waals surface area contributed by atoms with Crippen LogP contribution in [0.25, 0.3) is 0 Å². The number of carbonyl (C=O) groups is 1. The molecule has 0 atom stereocenters. The number of nitrogens with one attached hydrogen (secondary N) is 1. The molecule has 128 valence electrons. The first kappa shape index (κ1) is 18.0. The van der Waals surface area contributed by atoms with E-state index in [1.165, 1.54) is 14.1 Å². The van der Waals surface area contributed by atoms with Gasteiger partial charge in [0.1, 0.15) is 16.5 Å². The molecule has 0 aliphatic heterocycles. The Kier molecular flexibility index (Phi) is 5.30. The molecular weight excluding hydrogens is 338 g/mol. The van der Waals surface area contributed by atoms with Gasteiger partial charge in [0.05, 0.1) is 0 Å². The second-order valence-corrected chi connectivity index (χ2v) is 7.13. The van der Waals surface area contributed by atoms with Gasteiger partial charge in [-0.2, -0.15) is 4.31 Å². The second kappa shape index (κ2) is 7.06. The summed E-state index contributed by atoms with van der Waals surface area (Å²) in [6, 6.07) is 8.57. The fraction of sp³-hybridized carbons (Fsp3) is 0.188. The van der Waals surface area contributed by atoms with Crippen LogP contribution in [-0.4, -0.2) is 32.7 Å². The van der Waals surface area contributed by atoms with E-state index in [2.05, 4.69) is 5.32 Å². The largest absolute Gasteiger partial charge is 0.355 e. The van der Waals surface area contributed by atoms with E-state index in [1.54, 1.807) is 24.3 Å². The molecule has 2 aromatic carbocycles. The van der Waals surface area contributed by atoms with Gasteiger partial charge in [-0.1, -0.05) is 12.1 Å². The highest BCUT2D eigenvalue weighted by Crippen LogP contribution is 2.21. The molecule has 0 heterocycles. The standard InChI is InChI=1S/C16H16F2N2O3S/c1-19-16(21)12-5-3-11(4-6-12)10-20(2)24(22,23)15-9-13(17)7-8-14(15)18/h3-9H,10H2,1-2H3,(H,19,21). The topological polar surface area (TPSA) is 66.5 Å². The van der Waals surface area contributed by atoms with Crippen molar-refractivity contribution in [2.24, 2.45) is 0 Å². The average molecular weight is 354 g/mol. The normalized spacial score (nSPS) is 11.5. The molecule has 0 unspecified atom stereocenters. The van der Waals surface area contributed by atoms with Gasteiger partial charge in [-0.15, -0.1) is 0 Å². The molecular formula is C16H16F2N2O3S. The van der Waals surface area contributed by atoms with Crippen molar-refractivity contribution in [1.29, 1.82) is 0 Å². The third-order valence-electron chi connectivity index (χ3n) is 3.43. The highest BCUT2D eigenvalue weighted by Gasteiger charge is 2.25. The summed E-state index contributed by atoms with van der Waals surface area (Å²) in [5, 5.41) is 2.48. The summed E-state index contributed by atoms with van der Waals surface area (Å²) >= 11 is 0. The molecule has 1 amide bonds. The van der Waals surface area contributed by atoms with Crippen LogP contribution in [0.4, 0.5) is 8.78 Å². The Balaban J connectivity index is 2.23. The highest BCUT2D eigenvalue weighted by molar-refractivity contribution is 7.89. The summed E-state index contributed by atoms with van der Waals surface area (Å²) in [5.41, 5.74) is 1.04. The monoisotopic (exact) mass is 354 g/mol. The van der Waals surface area contributed by atoms with Gasteiger partial charge < -0.3 is 5.32 Å². The average Bonchev–Trinajstić information content (AvgIpc) is 2.56. The second-order valence-electron chi connectivity index (χ2n) is 5.11. The first-order valence-corrected chi connectivity index (χ1v) is 8.42. The Morgan fingerprint density at radius 3 is 2.33 bits per heavy atom. The van der Waals surface area contributed by atoms with Crippen molar-refractivity contribution in [3.8, 4) is 0 Å². The molecule has 2 aromatic rings. The number of rotatable bonds is 5. The lowest BCUT2D eigenvalue weighted by molar-refractivity contribution is 0.0963. The predicted molar refractivity (Wildman–Crippen MR) is 84.8 cm³/mol. The van der Waals surface area contributed by atoms with E-state index < -0.39 is 26.6 Å². The Labute approximate surface area is 139 Å². The van der Waals surface area contributed by atoms with Gasteiger partial charge in [-0.05, 0) is 35.9 Å². The van der Waals surface area contributed by atoms with Gasteiger partial charge in [0.2, 0.25) is 10.0 Å². The SMILES string of the molecule is CNC(=O)c1ccc(CN(C)S(=O)(=O)c2cc(F)ccc2F)cc1. The maximum atomic E-state index is 13.7. The lowest BCUT2D eigenvalue weighted by Gasteiger charge is -2.18. The molecule has 24 heavy (non-hydrogen) atoms. The van der Waals surface area contributed by atoms with Crippen molar-refractivity contribution in [1.82, 2.24) is 9.62 Å². The van der Waals surface area contributed by atoms with Crippen LogP contribution in [0, 0.1) is 11.6 Å². The van der Waals surface area contributed by atoms with Gasteiger partial charge in [-0.25, -0.2) is 17.2 Å². The summed E-state index contributed by atoms with van der Waals surface area (Å²) < 4.78 is 52.7. The van der Waals surface area contributed by atoms with E-state index in [1.807, 2.05) is 0 Å². The zero-order chi connectivity index (χ0) is 17.9. The molecule has 0 saturated heterocycles. The fourth-order valence-corrected chi connectivity index (χ4v) is 3.32. The van der Waals surface area contributed by atoms with Gasteiger partial charge in [-0.3, -0.25) is 4.79 Å². The smallest absolute Gasteiger partial charge is 0.251 e. The molecule has 0 aliphatic carbocycles. The van der Waals surface area contributed by atoms with Crippen LogP contribution in [0.15, 0.2) is 47.4 Å². The minimum absolute atomic E-state index is 0.0493. The molecule has 0 bridgehead atoms. The van der Waals surface area contributed by atoms with Crippen molar-refractivity contribution >= 4 is 15.9 Å². The summed E-state index contributed by atoms with van der Waals surface area (Å²) in [5.74, 6) is -2.11. The molecule has 8 heteroatoms. The van der Waals surface area contributed by atoms with Crippen LogP contribution in [-0.2, 0) is 16.6 Å². The molecule has 1 N–H and O–H groups in total. The van der Waals surface area contributed by atoms with Gasteiger partial charge in [0.25, 0.3) is 5.91 Å². The molecule has 2 rings (SSSR count). The molecule has 0 fully saturated rings. The summed E-state index contributed by atoms with van der Waals surface area (Å²) in [7, 11) is -1.41. The molecule has 0 aromatic heterocycles. The minimum Gasteiger partial charge on any atom is -0.355 e. The lowest BCUT2D eigenvalue weighted by atomic mass is 10.1. The van der Waals surface area contributed by atoms with Crippen molar-refractivity contribution in [2.45, 2.75) is 11.4 Å². The number of nitrogens with zero attached hydrogens (tertiary/aromatic N) is 1. The van der Waals surface area contributed by atoms with Gasteiger partial charge in [0, 0.05) is 26.2 Å². The number of sulfonamides is 1. The van der Waals surface area contributed by atoms with Crippen molar-refractivity contribution in [3.63, 3.8) is 0 Å². The van der Waals surface area contributed by atoms with E-state index in [4.69, 9.17) is 0 Å². The van der Waals surface area contributed by atoms with Crippen molar-refractivity contribution in [3.05, 3.63) is 65.2 Å². The molecule has 0 aliphatic rings. The van der Waals surface area contributed by atoms with Crippen LogP contribution >= 0.6 is 0 Å². The van der Waals surface area contributed by atoms with E-state index >= 15 is 0 Å². The van der Waals surface area contributed by atoms with Crippen molar-refractivity contribution < 1.29 is 22.0 Å². The maximum absolute atomic E-state index is 13.7. The van der Waals surface area contributed by atoms with Crippen LogP contribution < -0.4 is 5.32 Å². The Morgan fingerprint density at radius 1 is 1.12 bits per heavy atom. The number of benzene rings is 2. The maximum Gasteiger partial charge on any atom is 0.251 e. The number of halogens is 2. The van der Waals surface area contributed by atoms with Crippen molar-refractivity contribution in [2.75, 3.05) is 14.1 Å². The summed E-state index contributed by atoms with van der Waals surface area (Å²) in [4.78, 5) is 10.8. The third kappa shape index (κ3) is 3.77. The first-order chi connectivity index (χ1) is 11.3. The molecule has 0 radical (unpaired) electrons. The van der Waals surface area contributed by atoms with E-state index in [-0.39, 0.29) is 12.5 Å². The number of hydrogen-bond acceptors (Lipinski definition) is 3. The zero-order valence-corrected chi connectivity index (χ0v) is 13.9. The molecule has 0 spiro atoms. The molecule has 0 saturated carbocycles. The summed E-state index contributed by atoms with van der Waals surface area (Å²) in [6.45, 7) is -0.0493. The number of carbonyl (C=O) groups excluding carboxylic acids is 1. The van der Waals surface area contributed by atoms with E-state index in [9.17, 15) is 22.0 Å². The summed E-state index contributed by atoms with van der Waals surface area (Å²) in [6.07, 6.45) is 0. The minimum atomic E-state index is -4.18. The van der Waals surface area contributed by atoms with Crippen LogP contribution in [0.2, 0.25) is 0 Å². The van der Waals surface area contributed by atoms with Gasteiger partial charge >= 0.3 is 0 Å². The van der Waals surface area contributed by atoms with Crippen LogP contribution in [0.3, 0.4) is 0 Å². The predicted octanol–water partition coefficient (Wildman–Crippen LogP) is 2.15. The lowest BCUT2D eigenvalue weighted by Crippen LogP contribution is -2.27. The number of hydrogen-bond donors (Lipinski definition) is 1. The van der Waals surface area contributed by atoms with Crippen LogP contribution in [0.1, 0.15) is 15.9 Å². The zero-order valence-electron chi connectivity index (χ0n) is 13.1. The highest BCUT2D eigenvalue weighted by atomic mass is 32.2. The van der Waals surface area contributed by atoms with E-state index in [0.29, 0.717) is 17.2 Å². The Hall–Kier alpha value is -2.32. The van der Waals surface area contributed by atoms with Crippen LogP contribution in [0.5, 0.6) is 0 Å².